The fourth-order valence-electron chi connectivity index (χ4n) is 5.69. The molecule has 0 aliphatic rings. The van der Waals surface area contributed by atoms with E-state index in [4.69, 9.17) is 11.5 Å². The van der Waals surface area contributed by atoms with Crippen molar-refractivity contribution in [3.05, 3.63) is 0 Å². The van der Waals surface area contributed by atoms with E-state index >= 15 is 0 Å². The molecule has 0 bridgehead atoms. The van der Waals surface area contributed by atoms with Gasteiger partial charge in [0.05, 0.1) is 0 Å². The lowest BCUT2D eigenvalue weighted by Crippen LogP contribution is -2.39. The highest BCUT2D eigenvalue weighted by atomic mass is 16.1. The van der Waals surface area contributed by atoms with Crippen LogP contribution in [0.1, 0.15) is 200 Å². The summed E-state index contributed by atoms with van der Waals surface area (Å²) in [7, 11) is 0. The second kappa shape index (κ2) is 33.2. The summed E-state index contributed by atoms with van der Waals surface area (Å²) >= 11 is 0. The van der Waals surface area contributed by atoms with Crippen molar-refractivity contribution in [2.45, 2.75) is 200 Å². The van der Waals surface area contributed by atoms with Gasteiger partial charge >= 0.3 is 0 Å². The number of carbonyl (C=O) groups is 1. The van der Waals surface area contributed by atoms with Gasteiger partial charge < -0.3 is 16.4 Å². The second-order valence-electron chi connectivity index (χ2n) is 12.6. The quantitative estimate of drug-likeness (QED) is 0.0461. The summed E-state index contributed by atoms with van der Waals surface area (Å²) in [6.45, 7) is 7.31. The van der Waals surface area contributed by atoms with Crippen LogP contribution in [0.15, 0.2) is 4.99 Å². The van der Waals surface area contributed by atoms with E-state index in [1.54, 1.807) is 0 Å². The largest absolute Gasteiger partial charge is 0.370 e. The van der Waals surface area contributed by atoms with E-state index in [9.17, 15) is 4.79 Å². The minimum Gasteiger partial charge on any atom is -0.370 e. The van der Waals surface area contributed by atoms with Crippen molar-refractivity contribution in [2.75, 3.05) is 19.6 Å². The molecule has 0 unspecified atom stereocenters. The number of hydrogen-bond donors (Lipinski definition) is 2. The average Bonchev–Trinajstić information content (AvgIpc) is 2.96. The molecule has 0 heterocycles. The van der Waals surface area contributed by atoms with Crippen LogP contribution in [-0.4, -0.2) is 36.4 Å². The molecule has 5 nitrogen and oxygen atoms in total. The van der Waals surface area contributed by atoms with Gasteiger partial charge in [-0.2, -0.15) is 0 Å². The van der Waals surface area contributed by atoms with E-state index in [1.165, 1.54) is 167 Å². The number of amides is 1. The van der Waals surface area contributed by atoms with Crippen molar-refractivity contribution in [1.29, 1.82) is 0 Å². The number of nitrogens with zero attached hydrogens (tertiary/aromatic N) is 2. The van der Waals surface area contributed by atoms with E-state index < -0.39 is 0 Å². The first-order valence-electron chi connectivity index (χ1n) is 18.4. The van der Waals surface area contributed by atoms with Crippen molar-refractivity contribution in [1.82, 2.24) is 4.90 Å². The lowest BCUT2D eigenvalue weighted by molar-refractivity contribution is -0.118. The normalized spacial score (nSPS) is 11.8. The third kappa shape index (κ3) is 31.5. The number of nitrogens with two attached hydrogens (primary N) is 2. The molecule has 0 radical (unpaired) electrons. The highest BCUT2D eigenvalue weighted by molar-refractivity contribution is 5.78. The standard InChI is InChI=1S/C36H74N4O/c1-3-5-7-9-11-13-15-17-19-21-23-25-29-33-40(36(38)39-32-28-27-31-35(37)41)34-30-26-24-22-20-18-16-14-12-10-8-6-4-2/h3-34H2,1-2H3,(H2,37,41)(H2,38,39). The smallest absolute Gasteiger partial charge is 0.217 e. The van der Waals surface area contributed by atoms with Gasteiger partial charge in [0.25, 0.3) is 0 Å². The first-order valence-corrected chi connectivity index (χ1v) is 18.4. The fourth-order valence-corrected chi connectivity index (χ4v) is 5.69. The Morgan fingerprint density at radius 3 is 1.10 bits per heavy atom. The lowest BCUT2D eigenvalue weighted by atomic mass is 10.0. The summed E-state index contributed by atoms with van der Waals surface area (Å²) in [5.74, 6) is 0.468. The number of aliphatic imine (C=N–C) groups is 1. The molecule has 0 aromatic rings. The Balaban J connectivity index is 4.04. The van der Waals surface area contributed by atoms with E-state index in [0.29, 0.717) is 18.9 Å². The minimum atomic E-state index is -0.228. The average molecular weight is 579 g/mol. The number of unbranched alkanes of at least 4 members (excludes halogenated alkanes) is 25. The molecule has 0 aromatic carbocycles. The van der Waals surface area contributed by atoms with Crippen LogP contribution in [0.5, 0.6) is 0 Å². The van der Waals surface area contributed by atoms with E-state index in [0.717, 1.165) is 25.9 Å². The Morgan fingerprint density at radius 2 is 0.780 bits per heavy atom. The van der Waals surface area contributed by atoms with E-state index in [2.05, 4.69) is 23.7 Å². The Labute approximate surface area is 257 Å². The van der Waals surface area contributed by atoms with Gasteiger partial charge in [-0.1, -0.05) is 168 Å². The summed E-state index contributed by atoms with van der Waals surface area (Å²) in [5, 5.41) is 0. The van der Waals surface area contributed by atoms with E-state index in [1.807, 2.05) is 0 Å². The molecule has 5 heteroatoms. The summed E-state index contributed by atoms with van der Waals surface area (Å²) < 4.78 is 0. The van der Waals surface area contributed by atoms with Crippen LogP contribution in [-0.2, 0) is 4.79 Å². The number of rotatable bonds is 33. The Kier molecular flexibility index (Phi) is 32.2. The molecule has 0 rings (SSSR count). The van der Waals surface area contributed by atoms with Crippen LogP contribution in [0, 0.1) is 0 Å². The predicted octanol–water partition coefficient (Wildman–Crippen LogP) is 10.4. The lowest BCUT2D eigenvalue weighted by Gasteiger charge is -2.24. The van der Waals surface area contributed by atoms with Crippen molar-refractivity contribution >= 4 is 11.9 Å². The maximum Gasteiger partial charge on any atom is 0.217 e. The first-order chi connectivity index (χ1) is 20.1. The third-order valence-corrected chi connectivity index (χ3v) is 8.49. The molecule has 244 valence electrons. The minimum absolute atomic E-state index is 0.228. The highest BCUT2D eigenvalue weighted by Crippen LogP contribution is 2.14. The predicted molar refractivity (Wildman–Crippen MR) is 182 cm³/mol. The molecule has 0 aliphatic carbocycles. The van der Waals surface area contributed by atoms with Crippen molar-refractivity contribution in [2.24, 2.45) is 16.5 Å². The Bertz CT molecular complexity index is 536. The highest BCUT2D eigenvalue weighted by Gasteiger charge is 2.08. The molecule has 0 aromatic heterocycles. The molecule has 0 saturated heterocycles. The van der Waals surface area contributed by atoms with Gasteiger partial charge in [-0.05, 0) is 25.7 Å². The first kappa shape index (κ1) is 39.7. The van der Waals surface area contributed by atoms with Gasteiger partial charge in [-0.3, -0.25) is 9.79 Å². The van der Waals surface area contributed by atoms with Crippen molar-refractivity contribution in [3.63, 3.8) is 0 Å². The SMILES string of the molecule is CCCCCCCCCCCCCCCN(CCCCCCCCCCCCCCC)C(N)=NCCCCC(N)=O. The molecule has 1 amide bonds. The molecule has 41 heavy (non-hydrogen) atoms. The molecule has 0 atom stereocenters. The van der Waals surface area contributed by atoms with Crippen LogP contribution in [0.3, 0.4) is 0 Å². The summed E-state index contributed by atoms with van der Waals surface area (Å²) in [4.78, 5) is 17.9. The summed E-state index contributed by atoms with van der Waals surface area (Å²) in [6, 6.07) is 0. The number of hydrogen-bond acceptors (Lipinski definition) is 2. The van der Waals surface area contributed by atoms with Crippen molar-refractivity contribution < 1.29 is 4.79 Å². The van der Waals surface area contributed by atoms with Crippen LogP contribution in [0.2, 0.25) is 0 Å². The maximum absolute atomic E-state index is 11.0. The van der Waals surface area contributed by atoms with E-state index in [-0.39, 0.29) is 5.91 Å². The zero-order valence-corrected chi connectivity index (χ0v) is 28.1. The van der Waals surface area contributed by atoms with Crippen molar-refractivity contribution in [3.8, 4) is 0 Å². The zero-order chi connectivity index (χ0) is 30.1. The van der Waals surface area contributed by atoms with Gasteiger partial charge in [-0.25, -0.2) is 0 Å². The molecule has 0 spiro atoms. The second-order valence-corrected chi connectivity index (χ2v) is 12.6. The monoisotopic (exact) mass is 579 g/mol. The van der Waals surface area contributed by atoms with Gasteiger partial charge in [0.15, 0.2) is 5.96 Å². The van der Waals surface area contributed by atoms with Gasteiger partial charge in [0, 0.05) is 26.1 Å². The van der Waals surface area contributed by atoms with Crippen LogP contribution in [0.4, 0.5) is 0 Å². The van der Waals surface area contributed by atoms with Crippen LogP contribution >= 0.6 is 0 Å². The van der Waals surface area contributed by atoms with Crippen LogP contribution < -0.4 is 11.5 Å². The van der Waals surface area contributed by atoms with Gasteiger partial charge in [0.2, 0.25) is 5.91 Å². The van der Waals surface area contributed by atoms with Crippen LogP contribution in [0.25, 0.3) is 0 Å². The topological polar surface area (TPSA) is 84.7 Å². The molecule has 0 saturated carbocycles. The molecule has 0 aliphatic heterocycles. The molecular formula is C36H74N4O. The third-order valence-electron chi connectivity index (χ3n) is 8.49. The number of carbonyl (C=O) groups excluding carboxylic acids is 1. The number of guanidine groups is 1. The zero-order valence-electron chi connectivity index (χ0n) is 28.1. The maximum atomic E-state index is 11.0. The van der Waals surface area contributed by atoms with Gasteiger partial charge in [-0.15, -0.1) is 0 Å². The fraction of sp³-hybridized carbons (Fsp3) is 0.944. The number of primary amides is 1. The molecular weight excluding hydrogens is 504 g/mol. The summed E-state index contributed by atoms with van der Waals surface area (Å²) in [6.07, 6.45) is 37.9. The molecule has 0 fully saturated rings. The Morgan fingerprint density at radius 1 is 0.463 bits per heavy atom. The summed E-state index contributed by atoms with van der Waals surface area (Å²) in [5.41, 5.74) is 11.7. The van der Waals surface area contributed by atoms with Gasteiger partial charge in [0.1, 0.15) is 0 Å². The molecule has 4 N–H and O–H groups in total. The Hall–Kier alpha value is -1.26.